The number of hydrogen-bond acceptors (Lipinski definition) is 14. The molecule has 2 aromatic carbocycles. The fourth-order valence-electron chi connectivity index (χ4n) is 5.80. The third-order valence-electron chi connectivity index (χ3n) is 9.11. The van der Waals surface area contributed by atoms with Gasteiger partial charge in [-0.15, -0.1) is 4.33 Å². The summed E-state index contributed by atoms with van der Waals surface area (Å²) >= 11 is 3.11. The van der Waals surface area contributed by atoms with Crippen molar-refractivity contribution in [1.82, 2.24) is 19.9 Å². The lowest BCUT2D eigenvalue weighted by Crippen LogP contribution is -2.44. The predicted molar refractivity (Wildman–Crippen MR) is 316 cm³/mol. The van der Waals surface area contributed by atoms with Gasteiger partial charge < -0.3 is 20.1 Å². The number of thiol groups is 1. The van der Waals surface area contributed by atoms with E-state index in [-0.39, 0.29) is 30.7 Å². The Morgan fingerprint density at radius 3 is 1.71 bits per heavy atom. The molecule has 4 heterocycles. The number of para-hydroxylation sites is 1. The minimum atomic E-state index is 0. The molecule has 2 aromatic heterocycles. The first kappa shape index (κ1) is 58.0. The van der Waals surface area contributed by atoms with Crippen LogP contribution in [-0.4, -0.2) is 64.1 Å². The summed E-state index contributed by atoms with van der Waals surface area (Å²) in [5, 5.41) is 19.9. The van der Waals surface area contributed by atoms with Crippen LogP contribution in [0.3, 0.4) is 0 Å². The van der Waals surface area contributed by atoms with Gasteiger partial charge >= 0.3 is 0 Å². The van der Waals surface area contributed by atoms with Crippen molar-refractivity contribution >= 4 is 40.5 Å². The highest BCUT2D eigenvalue weighted by atomic mass is 32.1. The predicted octanol–water partition coefficient (Wildman–Crippen LogP) is 9.08. The molecule has 0 unspecified atom stereocenters. The second-order valence-corrected chi connectivity index (χ2v) is 14.7. The van der Waals surface area contributed by atoms with Crippen LogP contribution in [-0.2, 0) is 24.1 Å². The molecule has 2 saturated heterocycles. The topological polar surface area (TPSA) is 200 Å². The van der Waals surface area contributed by atoms with Gasteiger partial charge in [0.25, 0.3) is 0 Å². The van der Waals surface area contributed by atoms with E-state index >= 15 is 0 Å². The minimum Gasteiger partial charge on any atom is -0.493 e. The molecule has 2 aliphatic heterocycles. The molecule has 2 fully saturated rings. The maximum atomic E-state index is 7.66. The van der Waals surface area contributed by atoms with Crippen LogP contribution in [0.25, 0.3) is 27.8 Å². The van der Waals surface area contributed by atoms with Gasteiger partial charge in [0.05, 0.1) is 47.4 Å². The van der Waals surface area contributed by atoms with Crippen LogP contribution < -0.4 is 15.4 Å². The second kappa shape index (κ2) is 35.5. The Bertz CT molecular complexity index is 3710. The van der Waals surface area contributed by atoms with Crippen molar-refractivity contribution in [2.45, 2.75) is 39.7 Å². The first-order valence-electron chi connectivity index (χ1n) is 21.8. The monoisotopic (exact) mass is 1050 g/mol. The number of nitrogens with zero attached hydrogens (tertiary/aromatic N) is 8. The molecule has 18 heteroatoms. The zero-order chi connectivity index (χ0) is 54.2. The summed E-state index contributed by atoms with van der Waals surface area (Å²) in [6.45, 7) is 9.66. The third-order valence-corrected chi connectivity index (χ3v) is 9.17. The smallest absolute Gasteiger partial charge is 0.139 e. The average molecular weight is 1050 g/mol. The molecule has 76 heavy (non-hydrogen) atoms. The van der Waals surface area contributed by atoms with Gasteiger partial charge in [0.2, 0.25) is 0 Å². The number of pyridine rings is 1. The van der Waals surface area contributed by atoms with Crippen LogP contribution in [0.5, 0.6) is 5.75 Å². The Morgan fingerprint density at radius 1 is 0.750 bits per heavy atom. The van der Waals surface area contributed by atoms with Gasteiger partial charge in [-0.1, -0.05) is 30.9 Å². The minimum absolute atomic E-state index is 0. The Morgan fingerprint density at radius 2 is 1.26 bits per heavy atom. The van der Waals surface area contributed by atoms with Crippen LogP contribution in [0.15, 0.2) is 70.5 Å². The summed E-state index contributed by atoms with van der Waals surface area (Å²) in [7, 11) is 0. The number of rotatable bonds is 11. The van der Waals surface area contributed by atoms with Crippen molar-refractivity contribution in [1.29, 1.82) is 5.53 Å². The Balaban J connectivity index is -0.000000117. The number of imidazole rings is 1. The normalized spacial score (nSPS) is 11.2. The van der Waals surface area contributed by atoms with E-state index in [0.29, 0.717) is 12.6 Å². The fraction of sp³-hybridized carbons (Fsp3) is 0.207. The van der Waals surface area contributed by atoms with E-state index in [1.54, 1.807) is 13.8 Å². The van der Waals surface area contributed by atoms with Crippen LogP contribution >= 0.6 is 12.9 Å². The molecule has 2 aliphatic rings. The highest BCUT2D eigenvalue weighted by Crippen LogP contribution is 2.31. The second-order valence-electron chi connectivity index (χ2n) is 14.5. The van der Waals surface area contributed by atoms with E-state index in [1.165, 1.54) is 5.69 Å². The summed E-state index contributed by atoms with van der Waals surface area (Å²) in [4.78, 5) is 19.7. The number of benzene rings is 2. The molecule has 4 aromatic rings. The third kappa shape index (κ3) is 22.2. The van der Waals surface area contributed by atoms with Gasteiger partial charge in [0, 0.05) is 145 Å². The Labute approximate surface area is 467 Å². The molecule has 0 radical (unpaired) electrons. The van der Waals surface area contributed by atoms with E-state index in [1.807, 2.05) is 23.0 Å². The highest BCUT2D eigenvalue weighted by Gasteiger charge is 2.34. The van der Waals surface area contributed by atoms with Crippen molar-refractivity contribution < 1.29 is 54.1 Å². The number of nitrogens with two attached hydrogens (primary N) is 1. The number of aromatic nitrogens is 3. The number of fused-ring (bicyclic) bond motifs is 2. The average Bonchev–Trinajstić information content (AvgIpc) is 3.75. The largest absolute Gasteiger partial charge is 0.493 e. The number of piperidine rings is 1. The molecule has 0 saturated carbocycles. The molecule has 0 atom stereocenters. The van der Waals surface area contributed by atoms with Crippen LogP contribution in [0.2, 0.25) is 0 Å². The van der Waals surface area contributed by atoms with E-state index < -0.39 is 0 Å². The zero-order valence-electron chi connectivity index (χ0n) is 40.7. The summed E-state index contributed by atoms with van der Waals surface area (Å²) in [6.07, 6.45) is 3.86. The van der Waals surface area contributed by atoms with Crippen LogP contribution in [0.1, 0.15) is 53.6 Å². The maximum absolute atomic E-state index is 7.66. The highest BCUT2D eigenvalue weighted by molar-refractivity contribution is 7.74. The Kier molecular flexibility index (Phi) is 27.1. The summed E-state index contributed by atoms with van der Waals surface area (Å²) in [6, 6.07) is 17.0. The lowest BCUT2D eigenvalue weighted by molar-refractivity contribution is -0.653. The number of hydrogen-bond donors (Lipinski definition) is 4. The van der Waals surface area contributed by atoms with E-state index in [9.17, 15) is 0 Å². The van der Waals surface area contributed by atoms with Crippen molar-refractivity contribution in [2.75, 3.05) is 37.8 Å². The van der Waals surface area contributed by atoms with Crippen molar-refractivity contribution in [3.63, 3.8) is 0 Å². The number of anilines is 1. The van der Waals surface area contributed by atoms with Gasteiger partial charge in [-0.25, -0.2) is 15.2 Å². The van der Waals surface area contributed by atoms with Crippen molar-refractivity contribution in [3.05, 3.63) is 54.9 Å². The molecular formula is C58H66N10O7S. The Hall–Kier alpha value is -10.6. The summed E-state index contributed by atoms with van der Waals surface area (Å²) in [5.74, 6) is 77.3. The molecule has 0 amide bonds. The van der Waals surface area contributed by atoms with Gasteiger partial charge in [-0.05, 0) is 177 Å². The molecule has 4 N–H and O–H groups in total. The van der Waals surface area contributed by atoms with Gasteiger partial charge in [0.1, 0.15) is 17.9 Å². The first-order valence-corrected chi connectivity index (χ1v) is 22.2. The van der Waals surface area contributed by atoms with Crippen LogP contribution in [0, 0.1) is 189 Å². The fourth-order valence-corrected chi connectivity index (χ4v) is 5.85. The molecule has 0 bridgehead atoms. The quantitative estimate of drug-likeness (QED) is 0.0278. The molecule has 6 rings (SSSR count). The summed E-state index contributed by atoms with van der Waals surface area (Å²) < 4.78 is 17.1. The molecular weight excluding hydrogens is 981 g/mol. The van der Waals surface area contributed by atoms with Crippen molar-refractivity contribution in [3.8, 4) is 189 Å². The lowest BCUT2D eigenvalue weighted by atomic mass is 9.90. The summed E-state index contributed by atoms with van der Waals surface area (Å²) in [5.41, 5.74) is 16.5. The number of ether oxygens (including phenoxy) is 2. The van der Waals surface area contributed by atoms with E-state index in [2.05, 4.69) is 279 Å². The SMILES string of the molecule is CC#CC#CC#CC#CC#CC#CC#CC#CC#CC#CC#CC#CC#CC#CC#CC.CC1(COc2ccc3c(c2)ncn3-c2ccc3cccc(N4CCC(N)CC4)c3n2)COC1.N=N/N=N/N(OOO)OOS.[HH].[HH].[HH].[HH].[HH].[HH].[HH].[HH].[HH].[HH].[HH].[HH].[HH].[HH]. The molecule has 0 aliphatic carbocycles. The lowest BCUT2D eigenvalue weighted by Gasteiger charge is -2.37. The van der Waals surface area contributed by atoms with Gasteiger partial charge in [-0.3, -0.25) is 4.57 Å². The zero-order valence-corrected chi connectivity index (χ0v) is 41.6. The van der Waals surface area contributed by atoms with Gasteiger partial charge in [-0.2, -0.15) is 5.53 Å². The first-order chi connectivity index (χ1) is 37.3. The van der Waals surface area contributed by atoms with E-state index in [0.717, 1.165) is 72.6 Å². The molecule has 17 nitrogen and oxygen atoms in total. The van der Waals surface area contributed by atoms with Gasteiger partial charge in [0.15, 0.2) is 0 Å². The molecule has 396 valence electrons. The maximum Gasteiger partial charge on any atom is 0.139 e. The van der Waals surface area contributed by atoms with E-state index in [4.69, 9.17) is 31.0 Å². The standard InChI is InChI=1S/C32H6.C26H29N5O2.H3N5O5S.14H2/c1-3-5-7-9-11-13-15-17-19-21-23-25-27-29-31-32-30-28-26-24-22-20-18-16-14-12-10-8-6-4-2;1-26(14-32-15-26)16-33-20-6-7-22-21(13-20)28-17-31(22)24-8-5-18-3-2-4-23(25(18)29-24)30-11-9-19(27)10-12-30;1-2-3-4-5(7-9-6)8-10-11;;;;;;;;;;;;;;/h1-2H3;2-8,13,17,19H,9-12,14-16,27H2,1H3;1,6,11H;14*1H/b;;2-1?,4-3+;;;;;;;;;;;;;;. The van der Waals surface area contributed by atoms with Crippen molar-refractivity contribution in [2.24, 2.45) is 26.8 Å². The van der Waals surface area contributed by atoms with Crippen LogP contribution in [0.4, 0.5) is 5.69 Å². The number of nitrogens with one attached hydrogen (secondary N) is 1. The molecule has 0 spiro atoms.